The first kappa shape index (κ1) is 13.7. The first-order valence-electron chi connectivity index (χ1n) is 4.91. The molecule has 0 heterocycles. The lowest BCUT2D eigenvalue weighted by molar-refractivity contribution is 0.0601. The van der Waals surface area contributed by atoms with Gasteiger partial charge >= 0.3 is 5.97 Å². The molecule has 0 amide bonds. The highest BCUT2D eigenvalue weighted by molar-refractivity contribution is 7.79. The zero-order valence-electron chi connectivity index (χ0n) is 9.93. The largest absolute Gasteiger partial charge is 0.771 e. The molecule has 1 atom stereocenters. The van der Waals surface area contributed by atoms with Crippen LogP contribution in [0.4, 0.5) is 5.69 Å². The topological polar surface area (TPSA) is 69.7 Å². The number of rotatable bonds is 4. The van der Waals surface area contributed by atoms with Crippen molar-refractivity contribution in [2.45, 2.75) is 6.92 Å². The fourth-order valence-corrected chi connectivity index (χ4v) is 1.92. The molecule has 0 aliphatic heterocycles. The van der Waals surface area contributed by atoms with E-state index in [1.807, 2.05) is 6.92 Å². The van der Waals surface area contributed by atoms with Crippen molar-refractivity contribution < 1.29 is 18.3 Å². The normalized spacial score (nSPS) is 12.0. The Morgan fingerprint density at radius 1 is 1.53 bits per heavy atom. The van der Waals surface area contributed by atoms with Gasteiger partial charge in [0.25, 0.3) is 0 Å². The quantitative estimate of drug-likeness (QED) is 0.595. The van der Waals surface area contributed by atoms with E-state index >= 15 is 0 Å². The number of hydrogen-bond acceptors (Lipinski definition) is 5. The molecule has 17 heavy (non-hydrogen) atoms. The third-order valence-corrected chi connectivity index (χ3v) is 2.87. The van der Waals surface area contributed by atoms with Gasteiger partial charge in [0.15, 0.2) is 0 Å². The van der Waals surface area contributed by atoms with Crippen LogP contribution in [-0.4, -0.2) is 34.8 Å². The van der Waals surface area contributed by atoms with Crippen molar-refractivity contribution in [1.82, 2.24) is 0 Å². The molecule has 1 unspecified atom stereocenters. The molecule has 1 rings (SSSR count). The number of ether oxygens (including phenoxy) is 1. The molecule has 0 saturated heterocycles. The summed E-state index contributed by atoms with van der Waals surface area (Å²) in [7, 11) is 2.90. The van der Waals surface area contributed by atoms with E-state index in [4.69, 9.17) is 0 Å². The van der Waals surface area contributed by atoms with Crippen LogP contribution in [0, 0.1) is 6.92 Å². The number of aryl methyl sites for hydroxylation is 1. The molecule has 0 aromatic heterocycles. The minimum atomic E-state index is -2.20. The SMILES string of the molecule is COC(=O)c1ccc(C)cc1N(C)CS(=O)[O-]. The standard InChI is InChI=1S/C11H15NO4S/c1-8-4-5-9(11(13)16-3)10(6-8)12(2)7-17(14)15/h4-6H,7H2,1-3H3,(H,14,15)/p-1. The maximum absolute atomic E-state index is 11.5. The Morgan fingerprint density at radius 3 is 2.71 bits per heavy atom. The smallest absolute Gasteiger partial charge is 0.339 e. The molecule has 0 aliphatic rings. The summed E-state index contributed by atoms with van der Waals surface area (Å²) >= 11 is -2.20. The number of esters is 1. The Kier molecular flexibility index (Phi) is 4.65. The zero-order valence-corrected chi connectivity index (χ0v) is 10.7. The van der Waals surface area contributed by atoms with Gasteiger partial charge in [-0.15, -0.1) is 0 Å². The molecule has 0 spiro atoms. The fourth-order valence-electron chi connectivity index (χ4n) is 1.47. The van der Waals surface area contributed by atoms with Crippen molar-refractivity contribution >= 4 is 22.7 Å². The molecule has 5 nitrogen and oxygen atoms in total. The summed E-state index contributed by atoms with van der Waals surface area (Å²) in [6.45, 7) is 1.87. The van der Waals surface area contributed by atoms with Gasteiger partial charge in [-0.25, -0.2) is 4.79 Å². The number of hydrogen-bond donors (Lipinski definition) is 0. The van der Waals surface area contributed by atoms with Gasteiger partial charge in [0.05, 0.1) is 24.2 Å². The fraction of sp³-hybridized carbons (Fsp3) is 0.364. The lowest BCUT2D eigenvalue weighted by atomic mass is 10.1. The third kappa shape index (κ3) is 3.54. The lowest BCUT2D eigenvalue weighted by Gasteiger charge is -2.23. The second kappa shape index (κ2) is 5.79. The Hall–Kier alpha value is -1.40. The Labute approximate surface area is 103 Å². The molecule has 0 N–H and O–H groups in total. The van der Waals surface area contributed by atoms with E-state index in [9.17, 15) is 13.6 Å². The molecular weight excluding hydrogens is 242 g/mol. The van der Waals surface area contributed by atoms with E-state index in [-0.39, 0.29) is 5.88 Å². The minimum Gasteiger partial charge on any atom is -0.771 e. The van der Waals surface area contributed by atoms with E-state index in [0.29, 0.717) is 11.3 Å². The monoisotopic (exact) mass is 256 g/mol. The molecule has 0 fully saturated rings. The van der Waals surface area contributed by atoms with Crippen LogP contribution in [0.5, 0.6) is 0 Å². The molecule has 0 radical (unpaired) electrons. The summed E-state index contributed by atoms with van der Waals surface area (Å²) in [6.07, 6.45) is 0. The van der Waals surface area contributed by atoms with E-state index in [0.717, 1.165) is 5.56 Å². The van der Waals surface area contributed by atoms with Gasteiger partial charge in [0, 0.05) is 7.05 Å². The van der Waals surface area contributed by atoms with Crippen molar-refractivity contribution in [1.29, 1.82) is 0 Å². The number of nitrogens with zero attached hydrogens (tertiary/aromatic N) is 1. The van der Waals surface area contributed by atoms with E-state index < -0.39 is 17.0 Å². The van der Waals surface area contributed by atoms with Crippen LogP contribution < -0.4 is 4.90 Å². The van der Waals surface area contributed by atoms with Crippen LogP contribution in [0.15, 0.2) is 18.2 Å². The first-order valence-corrected chi connectivity index (χ1v) is 6.16. The molecule has 0 bridgehead atoms. The van der Waals surface area contributed by atoms with Gasteiger partial charge in [0.2, 0.25) is 0 Å². The number of carbonyl (C=O) groups excluding carboxylic acids is 1. The molecule has 0 aliphatic carbocycles. The summed E-state index contributed by atoms with van der Waals surface area (Å²) < 4.78 is 26.0. The van der Waals surface area contributed by atoms with Crippen molar-refractivity contribution in [3.8, 4) is 0 Å². The third-order valence-electron chi connectivity index (χ3n) is 2.27. The van der Waals surface area contributed by atoms with Crippen LogP contribution in [-0.2, 0) is 15.8 Å². The predicted molar refractivity (Wildman–Crippen MR) is 64.7 cm³/mol. The van der Waals surface area contributed by atoms with Crippen LogP contribution >= 0.6 is 0 Å². The average Bonchev–Trinajstić information content (AvgIpc) is 2.27. The molecule has 94 valence electrons. The van der Waals surface area contributed by atoms with Crippen LogP contribution in [0.3, 0.4) is 0 Å². The zero-order chi connectivity index (χ0) is 13.0. The Balaban J connectivity index is 3.14. The summed E-state index contributed by atoms with van der Waals surface area (Å²) in [6, 6.07) is 5.15. The Morgan fingerprint density at radius 2 is 2.18 bits per heavy atom. The van der Waals surface area contributed by atoms with Gasteiger partial charge in [-0.1, -0.05) is 6.07 Å². The van der Waals surface area contributed by atoms with Gasteiger partial charge in [-0.2, -0.15) is 0 Å². The van der Waals surface area contributed by atoms with Crippen molar-refractivity contribution in [3.63, 3.8) is 0 Å². The number of anilines is 1. The van der Waals surface area contributed by atoms with Gasteiger partial charge in [-0.3, -0.25) is 4.21 Å². The first-order chi connectivity index (χ1) is 7.95. The van der Waals surface area contributed by atoms with Gasteiger partial charge in [-0.05, 0) is 35.7 Å². The summed E-state index contributed by atoms with van der Waals surface area (Å²) in [5, 5.41) is 0. The highest BCUT2D eigenvalue weighted by Crippen LogP contribution is 2.22. The lowest BCUT2D eigenvalue weighted by Crippen LogP contribution is -2.24. The van der Waals surface area contributed by atoms with Crippen molar-refractivity contribution in [2.75, 3.05) is 24.9 Å². The maximum atomic E-state index is 11.5. The maximum Gasteiger partial charge on any atom is 0.339 e. The molecule has 1 aromatic rings. The highest BCUT2D eigenvalue weighted by Gasteiger charge is 2.14. The number of benzene rings is 1. The second-order valence-electron chi connectivity index (χ2n) is 3.64. The summed E-state index contributed by atoms with van der Waals surface area (Å²) in [5.41, 5.74) is 1.84. The number of carbonyl (C=O) groups is 1. The summed E-state index contributed by atoms with van der Waals surface area (Å²) in [5.74, 6) is -0.656. The second-order valence-corrected chi connectivity index (χ2v) is 4.51. The highest BCUT2D eigenvalue weighted by atomic mass is 32.2. The van der Waals surface area contributed by atoms with Crippen LogP contribution in [0.1, 0.15) is 15.9 Å². The molecule has 0 saturated carbocycles. The van der Waals surface area contributed by atoms with E-state index in [1.54, 1.807) is 25.2 Å². The predicted octanol–water partition coefficient (Wildman–Crippen LogP) is 1.05. The Bertz CT molecular complexity index is 447. The summed E-state index contributed by atoms with van der Waals surface area (Å²) in [4.78, 5) is 13.0. The van der Waals surface area contributed by atoms with Gasteiger partial charge < -0.3 is 14.2 Å². The van der Waals surface area contributed by atoms with E-state index in [1.165, 1.54) is 12.0 Å². The molecular formula is C11H14NO4S-. The number of methoxy groups -OCH3 is 1. The minimum absolute atomic E-state index is 0.173. The molecule has 1 aromatic carbocycles. The molecule has 6 heteroatoms. The van der Waals surface area contributed by atoms with Crippen LogP contribution in [0.2, 0.25) is 0 Å². The van der Waals surface area contributed by atoms with Crippen LogP contribution in [0.25, 0.3) is 0 Å². The van der Waals surface area contributed by atoms with Crippen molar-refractivity contribution in [3.05, 3.63) is 29.3 Å². The van der Waals surface area contributed by atoms with Crippen molar-refractivity contribution in [2.24, 2.45) is 0 Å². The van der Waals surface area contributed by atoms with Gasteiger partial charge in [0.1, 0.15) is 0 Å². The van der Waals surface area contributed by atoms with E-state index in [2.05, 4.69) is 4.74 Å². The average molecular weight is 256 g/mol.